The molecule has 1 aromatic carbocycles. The van der Waals surface area contributed by atoms with Crippen molar-refractivity contribution in [3.63, 3.8) is 0 Å². The molecule has 27 heavy (non-hydrogen) atoms. The molecule has 1 aliphatic heterocycles. The molecular weight excluding hydrogens is 404 g/mol. The van der Waals surface area contributed by atoms with Gasteiger partial charge in [-0.1, -0.05) is 35.1 Å². The van der Waals surface area contributed by atoms with Crippen LogP contribution in [0, 0.1) is 6.92 Å². The number of amides is 1. The van der Waals surface area contributed by atoms with Crippen molar-refractivity contribution in [3.8, 4) is 11.3 Å². The van der Waals surface area contributed by atoms with Crippen LogP contribution in [0.4, 0.5) is 5.13 Å². The fraction of sp³-hybridized carbons (Fsp3) is 0.111. The summed E-state index contributed by atoms with van der Waals surface area (Å²) in [4.78, 5) is 18.9. The average molecular weight is 417 g/mol. The number of aryl methyl sites for hydroxylation is 1. The number of benzene rings is 1. The van der Waals surface area contributed by atoms with Gasteiger partial charge in [-0.3, -0.25) is 9.69 Å². The number of furan rings is 1. The Morgan fingerprint density at radius 2 is 2.11 bits per heavy atom. The smallest absolute Gasteiger partial charge is 0.266 e. The lowest BCUT2D eigenvalue weighted by molar-refractivity contribution is -0.121. The van der Waals surface area contributed by atoms with Gasteiger partial charge in [0.2, 0.25) is 5.13 Å². The monoisotopic (exact) mass is 416 g/mol. The topological polar surface area (TPSA) is 71.6 Å². The molecule has 136 valence electrons. The van der Waals surface area contributed by atoms with E-state index in [4.69, 9.17) is 16.0 Å². The molecule has 0 saturated carbocycles. The Labute approximate surface area is 168 Å². The molecule has 1 fully saturated rings. The number of hydrogen-bond acceptors (Lipinski definition) is 7. The van der Waals surface area contributed by atoms with E-state index in [1.165, 1.54) is 28.0 Å². The van der Waals surface area contributed by atoms with Gasteiger partial charge >= 0.3 is 0 Å². The molecule has 1 aliphatic rings. The number of thioether (sulfide) groups is 1. The van der Waals surface area contributed by atoms with Crippen molar-refractivity contribution in [3.05, 3.63) is 57.1 Å². The van der Waals surface area contributed by atoms with Crippen molar-refractivity contribution in [2.45, 2.75) is 6.92 Å². The number of aliphatic imine (C=N–C) groups is 1. The highest BCUT2D eigenvalue weighted by Gasteiger charge is 2.31. The Morgan fingerprint density at radius 3 is 2.85 bits per heavy atom. The molecule has 0 unspecified atom stereocenters. The van der Waals surface area contributed by atoms with Crippen LogP contribution in [0.5, 0.6) is 0 Å². The third kappa shape index (κ3) is 3.83. The summed E-state index contributed by atoms with van der Waals surface area (Å²) in [5.74, 6) is 1.13. The molecule has 3 heterocycles. The third-order valence-electron chi connectivity index (χ3n) is 3.72. The highest BCUT2D eigenvalue weighted by Crippen LogP contribution is 2.34. The van der Waals surface area contributed by atoms with E-state index in [9.17, 15) is 4.79 Å². The second-order valence-electron chi connectivity index (χ2n) is 5.69. The highest BCUT2D eigenvalue weighted by molar-refractivity contribution is 8.18. The summed E-state index contributed by atoms with van der Waals surface area (Å²) in [6.45, 7) is 1.86. The molecule has 0 radical (unpaired) electrons. The Hall–Kier alpha value is -2.42. The fourth-order valence-corrected chi connectivity index (χ4v) is 4.18. The largest absolute Gasteiger partial charge is 0.457 e. The van der Waals surface area contributed by atoms with Crippen LogP contribution in [0.2, 0.25) is 5.02 Å². The summed E-state index contributed by atoms with van der Waals surface area (Å²) in [7, 11) is 1.68. The Balaban J connectivity index is 1.59. The van der Waals surface area contributed by atoms with E-state index in [1.54, 1.807) is 19.2 Å². The van der Waals surface area contributed by atoms with Gasteiger partial charge in [0.15, 0.2) is 5.17 Å². The molecule has 9 heteroatoms. The second-order valence-corrected chi connectivity index (χ2v) is 8.29. The lowest BCUT2D eigenvalue weighted by Crippen LogP contribution is -2.23. The van der Waals surface area contributed by atoms with Gasteiger partial charge in [-0.25, -0.2) is 0 Å². The predicted molar refractivity (Wildman–Crippen MR) is 109 cm³/mol. The van der Waals surface area contributed by atoms with Gasteiger partial charge in [0.1, 0.15) is 16.5 Å². The van der Waals surface area contributed by atoms with Crippen molar-refractivity contribution >= 4 is 57.0 Å². The molecule has 3 aromatic rings. The maximum absolute atomic E-state index is 12.5. The second kappa shape index (κ2) is 7.30. The average Bonchev–Trinajstić information content (AvgIpc) is 3.33. The van der Waals surface area contributed by atoms with Crippen molar-refractivity contribution in [1.82, 2.24) is 15.1 Å². The molecule has 0 spiro atoms. The molecular formula is C18H13ClN4O2S2. The van der Waals surface area contributed by atoms with Crippen LogP contribution in [-0.4, -0.2) is 33.2 Å². The first-order chi connectivity index (χ1) is 13.0. The van der Waals surface area contributed by atoms with Crippen LogP contribution < -0.4 is 0 Å². The lowest BCUT2D eigenvalue weighted by atomic mass is 10.2. The Morgan fingerprint density at radius 1 is 1.26 bits per heavy atom. The van der Waals surface area contributed by atoms with Gasteiger partial charge in [-0.15, -0.1) is 10.2 Å². The number of carbonyl (C=O) groups excluding carboxylic acids is 1. The van der Waals surface area contributed by atoms with Gasteiger partial charge < -0.3 is 4.42 Å². The number of likely N-dealkylation sites (N-methyl/N-ethyl adjacent to an activating group) is 1. The molecule has 0 bridgehead atoms. The third-order valence-corrected chi connectivity index (χ3v) is 5.75. The fourth-order valence-electron chi connectivity index (χ4n) is 2.42. The number of halogens is 1. The van der Waals surface area contributed by atoms with Crippen LogP contribution in [0.3, 0.4) is 0 Å². The first-order valence-electron chi connectivity index (χ1n) is 7.92. The zero-order valence-electron chi connectivity index (χ0n) is 14.3. The number of rotatable bonds is 3. The van der Waals surface area contributed by atoms with Crippen molar-refractivity contribution in [1.29, 1.82) is 0 Å². The zero-order valence-corrected chi connectivity index (χ0v) is 16.7. The van der Waals surface area contributed by atoms with Crippen molar-refractivity contribution in [2.24, 2.45) is 4.99 Å². The van der Waals surface area contributed by atoms with Gasteiger partial charge in [-0.2, -0.15) is 4.99 Å². The molecule has 1 saturated heterocycles. The molecule has 2 aromatic heterocycles. The molecule has 0 aliphatic carbocycles. The zero-order chi connectivity index (χ0) is 19.0. The van der Waals surface area contributed by atoms with Crippen molar-refractivity contribution in [2.75, 3.05) is 7.05 Å². The van der Waals surface area contributed by atoms with Crippen LogP contribution in [0.1, 0.15) is 10.8 Å². The van der Waals surface area contributed by atoms with Crippen LogP contribution in [0.15, 0.2) is 50.7 Å². The van der Waals surface area contributed by atoms with E-state index in [0.29, 0.717) is 31.7 Å². The summed E-state index contributed by atoms with van der Waals surface area (Å²) in [6, 6.07) is 11.1. The maximum Gasteiger partial charge on any atom is 0.266 e. The van der Waals surface area contributed by atoms with Gasteiger partial charge in [0, 0.05) is 23.7 Å². The number of nitrogens with zero attached hydrogens (tertiary/aromatic N) is 4. The van der Waals surface area contributed by atoms with Gasteiger partial charge in [0.05, 0.1) is 4.91 Å². The van der Waals surface area contributed by atoms with E-state index in [0.717, 1.165) is 10.6 Å². The molecule has 0 atom stereocenters. The predicted octanol–water partition coefficient (Wildman–Crippen LogP) is 4.99. The standard InChI is InChI=1S/C18H13ClN4O2S2/c1-10-21-22-17(26-10)20-18-23(2)16(24)15(27-18)9-13-6-7-14(25-13)11-4-3-5-12(19)8-11/h3-9H,1-2H3/b15-9+,20-18+. The molecule has 4 rings (SSSR count). The first kappa shape index (κ1) is 18.0. The number of hydrogen-bond donors (Lipinski definition) is 0. The number of carbonyl (C=O) groups is 1. The lowest BCUT2D eigenvalue weighted by Gasteiger charge is -2.05. The van der Waals surface area contributed by atoms with Crippen molar-refractivity contribution < 1.29 is 9.21 Å². The van der Waals surface area contributed by atoms with Crippen LogP contribution >= 0.6 is 34.7 Å². The summed E-state index contributed by atoms with van der Waals surface area (Å²) < 4.78 is 5.85. The minimum absolute atomic E-state index is 0.138. The SMILES string of the molecule is Cc1nnc(/N=C2/S/C(=C/c3ccc(-c4cccc(Cl)c4)o3)C(=O)N2C)s1. The van der Waals surface area contributed by atoms with Crippen LogP contribution in [0.25, 0.3) is 17.4 Å². The number of aromatic nitrogens is 2. The van der Waals surface area contributed by atoms with Crippen LogP contribution in [-0.2, 0) is 4.79 Å². The summed E-state index contributed by atoms with van der Waals surface area (Å²) in [5.41, 5.74) is 0.878. The normalized spacial score (nSPS) is 17.4. The summed E-state index contributed by atoms with van der Waals surface area (Å²) in [6.07, 6.45) is 1.71. The van der Waals surface area contributed by atoms with E-state index >= 15 is 0 Å². The summed E-state index contributed by atoms with van der Waals surface area (Å²) in [5, 5.41) is 10.5. The van der Waals surface area contributed by atoms with E-state index in [-0.39, 0.29) is 5.91 Å². The maximum atomic E-state index is 12.5. The summed E-state index contributed by atoms with van der Waals surface area (Å²) >= 11 is 8.68. The minimum Gasteiger partial charge on any atom is -0.457 e. The number of amidine groups is 1. The Kier molecular flexibility index (Phi) is 4.86. The van der Waals surface area contributed by atoms with E-state index in [2.05, 4.69) is 15.2 Å². The highest BCUT2D eigenvalue weighted by atomic mass is 35.5. The minimum atomic E-state index is -0.138. The molecule has 6 nitrogen and oxygen atoms in total. The van der Waals surface area contributed by atoms with E-state index in [1.807, 2.05) is 37.3 Å². The first-order valence-corrected chi connectivity index (χ1v) is 9.93. The molecule has 0 N–H and O–H groups in total. The quantitative estimate of drug-likeness (QED) is 0.562. The van der Waals surface area contributed by atoms with Gasteiger partial charge in [-0.05, 0) is 43.0 Å². The molecule has 1 amide bonds. The van der Waals surface area contributed by atoms with E-state index < -0.39 is 0 Å². The Bertz CT molecular complexity index is 1090. The van der Waals surface area contributed by atoms with Gasteiger partial charge in [0.25, 0.3) is 5.91 Å².